The summed E-state index contributed by atoms with van der Waals surface area (Å²) in [6.45, 7) is 8.81. The summed E-state index contributed by atoms with van der Waals surface area (Å²) in [5.74, 6) is 2.08. The molecular weight excluding hydrogens is 573 g/mol. The molecule has 0 radical (unpaired) electrons. The normalized spacial score (nSPS) is 17.4. The van der Waals surface area contributed by atoms with Gasteiger partial charge in [-0.15, -0.1) is 23.5 Å². The standard InChI is InChI=1S/C40H34N2S2/c1-39(2)23-43-37(41-39)27-13-9-25(10-14-27)29-17-19-33-34-20-18-30(22-36(34)32-8-6-5-7-31(32)35(33)21-29)26-11-15-28(16-12-26)38-42-40(3,4)24-44-38/h5-22H,23-24H2,1-4H3. The highest BCUT2D eigenvalue weighted by Crippen LogP contribution is 2.39. The molecule has 44 heavy (non-hydrogen) atoms. The summed E-state index contributed by atoms with van der Waals surface area (Å²) in [6.07, 6.45) is 0. The number of benzene rings is 6. The molecule has 0 atom stereocenters. The van der Waals surface area contributed by atoms with Gasteiger partial charge in [0.05, 0.1) is 21.2 Å². The summed E-state index contributed by atoms with van der Waals surface area (Å²) >= 11 is 3.72. The van der Waals surface area contributed by atoms with Crippen molar-refractivity contribution >= 4 is 65.9 Å². The number of thioether (sulfide) groups is 2. The Balaban J connectivity index is 1.18. The smallest absolute Gasteiger partial charge is 0.0984 e. The predicted molar refractivity (Wildman–Crippen MR) is 196 cm³/mol. The van der Waals surface area contributed by atoms with Gasteiger partial charge in [0.2, 0.25) is 0 Å². The Kier molecular flexibility index (Phi) is 6.51. The summed E-state index contributed by atoms with van der Waals surface area (Å²) in [4.78, 5) is 9.84. The fourth-order valence-electron chi connectivity index (χ4n) is 6.39. The van der Waals surface area contributed by atoms with Crippen LogP contribution in [0, 0.1) is 0 Å². The van der Waals surface area contributed by atoms with Crippen molar-refractivity contribution in [2.24, 2.45) is 9.98 Å². The van der Waals surface area contributed by atoms with Crippen molar-refractivity contribution in [1.29, 1.82) is 0 Å². The first-order chi connectivity index (χ1) is 21.2. The van der Waals surface area contributed by atoms with E-state index in [-0.39, 0.29) is 11.1 Å². The van der Waals surface area contributed by atoms with E-state index in [0.717, 1.165) is 21.6 Å². The molecule has 8 rings (SSSR count). The Morgan fingerprint density at radius 3 is 1.11 bits per heavy atom. The molecule has 0 saturated heterocycles. The molecule has 6 aromatic rings. The Morgan fingerprint density at radius 1 is 0.409 bits per heavy atom. The van der Waals surface area contributed by atoms with Crippen LogP contribution in [-0.4, -0.2) is 32.7 Å². The van der Waals surface area contributed by atoms with Gasteiger partial charge < -0.3 is 0 Å². The molecule has 0 fully saturated rings. The summed E-state index contributed by atoms with van der Waals surface area (Å²) in [5.41, 5.74) is 7.39. The maximum atomic E-state index is 4.92. The Labute approximate surface area is 267 Å². The molecule has 6 aromatic carbocycles. The molecule has 0 bridgehead atoms. The highest BCUT2D eigenvalue weighted by Gasteiger charge is 2.27. The predicted octanol–water partition coefficient (Wildman–Crippen LogP) is 11.0. The fraction of sp³-hybridized carbons (Fsp3) is 0.200. The van der Waals surface area contributed by atoms with Gasteiger partial charge in [-0.3, -0.25) is 9.98 Å². The van der Waals surface area contributed by atoms with Crippen molar-refractivity contribution in [2.45, 2.75) is 38.8 Å². The lowest BCUT2D eigenvalue weighted by Gasteiger charge is -2.14. The van der Waals surface area contributed by atoms with Gasteiger partial charge in [-0.25, -0.2) is 0 Å². The SMILES string of the molecule is CC1(C)CSC(c2ccc(-c3ccc4c5ccc(-c6ccc(C7=NC(C)(C)CS7)cc6)cc5c5ccccc5c4c3)cc2)=N1. The van der Waals surface area contributed by atoms with Gasteiger partial charge in [-0.05, 0) is 94.4 Å². The van der Waals surface area contributed by atoms with Crippen LogP contribution in [-0.2, 0) is 0 Å². The highest BCUT2D eigenvalue weighted by molar-refractivity contribution is 8.15. The van der Waals surface area contributed by atoms with Crippen molar-refractivity contribution in [2.75, 3.05) is 11.5 Å². The minimum atomic E-state index is 0.0217. The number of nitrogens with zero attached hydrogens (tertiary/aromatic N) is 2. The first kappa shape index (κ1) is 27.7. The second-order valence-electron chi connectivity index (χ2n) is 13.3. The van der Waals surface area contributed by atoms with E-state index in [9.17, 15) is 0 Å². The summed E-state index contributed by atoms with van der Waals surface area (Å²) in [7, 11) is 0. The first-order valence-corrected chi connectivity index (χ1v) is 17.3. The van der Waals surface area contributed by atoms with Crippen LogP contribution in [0.25, 0.3) is 54.6 Å². The van der Waals surface area contributed by atoms with Gasteiger partial charge in [0, 0.05) is 22.6 Å². The van der Waals surface area contributed by atoms with E-state index in [1.165, 1.54) is 65.7 Å². The van der Waals surface area contributed by atoms with E-state index in [1.807, 2.05) is 23.5 Å². The number of hydrogen-bond donors (Lipinski definition) is 0. The van der Waals surface area contributed by atoms with Crippen molar-refractivity contribution in [3.05, 3.63) is 120 Å². The molecule has 216 valence electrons. The van der Waals surface area contributed by atoms with E-state index in [4.69, 9.17) is 9.98 Å². The second kappa shape index (κ2) is 10.4. The number of fused-ring (bicyclic) bond motifs is 6. The largest absolute Gasteiger partial charge is 0.271 e. The lowest BCUT2D eigenvalue weighted by Crippen LogP contribution is -2.15. The van der Waals surface area contributed by atoms with Crippen molar-refractivity contribution in [3.8, 4) is 22.3 Å². The first-order valence-electron chi connectivity index (χ1n) is 15.3. The molecule has 2 nitrogen and oxygen atoms in total. The molecule has 2 heterocycles. The van der Waals surface area contributed by atoms with Gasteiger partial charge in [0.25, 0.3) is 0 Å². The quantitative estimate of drug-likeness (QED) is 0.187. The van der Waals surface area contributed by atoms with E-state index in [0.29, 0.717) is 0 Å². The molecule has 0 saturated carbocycles. The molecule has 0 aliphatic carbocycles. The van der Waals surface area contributed by atoms with Gasteiger partial charge in [-0.2, -0.15) is 0 Å². The highest BCUT2D eigenvalue weighted by atomic mass is 32.2. The number of rotatable bonds is 4. The zero-order chi connectivity index (χ0) is 30.1. The fourth-order valence-corrected chi connectivity index (χ4v) is 8.73. The Bertz CT molecular complexity index is 1980. The second-order valence-corrected chi connectivity index (χ2v) is 15.2. The van der Waals surface area contributed by atoms with Gasteiger partial charge >= 0.3 is 0 Å². The van der Waals surface area contributed by atoms with E-state index < -0.39 is 0 Å². The monoisotopic (exact) mass is 606 g/mol. The third kappa shape index (κ3) is 4.95. The van der Waals surface area contributed by atoms with Crippen LogP contribution in [0.5, 0.6) is 0 Å². The van der Waals surface area contributed by atoms with Crippen molar-refractivity contribution < 1.29 is 0 Å². The lowest BCUT2D eigenvalue weighted by atomic mass is 9.90. The van der Waals surface area contributed by atoms with Crippen LogP contribution in [0.4, 0.5) is 0 Å². The molecule has 0 unspecified atom stereocenters. The molecule has 0 amide bonds. The zero-order valence-corrected chi connectivity index (χ0v) is 27.2. The third-order valence-electron chi connectivity index (χ3n) is 8.70. The van der Waals surface area contributed by atoms with Crippen LogP contribution < -0.4 is 0 Å². The Morgan fingerprint density at radius 2 is 0.750 bits per heavy atom. The minimum absolute atomic E-state index is 0.0217. The van der Waals surface area contributed by atoms with Crippen LogP contribution in [0.15, 0.2) is 119 Å². The maximum Gasteiger partial charge on any atom is 0.0984 e. The van der Waals surface area contributed by atoms with Crippen LogP contribution in [0.1, 0.15) is 38.8 Å². The Hall–Kier alpha value is -3.86. The van der Waals surface area contributed by atoms with E-state index in [1.54, 1.807) is 0 Å². The van der Waals surface area contributed by atoms with Crippen LogP contribution >= 0.6 is 23.5 Å². The van der Waals surface area contributed by atoms with E-state index in [2.05, 4.69) is 137 Å². The van der Waals surface area contributed by atoms with Crippen molar-refractivity contribution in [1.82, 2.24) is 0 Å². The van der Waals surface area contributed by atoms with Gasteiger partial charge in [0.15, 0.2) is 0 Å². The van der Waals surface area contributed by atoms with Gasteiger partial charge in [0.1, 0.15) is 0 Å². The topological polar surface area (TPSA) is 24.7 Å². The average molecular weight is 607 g/mol. The minimum Gasteiger partial charge on any atom is -0.271 e. The third-order valence-corrected chi connectivity index (χ3v) is 11.6. The summed E-state index contributed by atoms with van der Waals surface area (Å²) < 4.78 is 0. The summed E-state index contributed by atoms with van der Waals surface area (Å²) in [5, 5.41) is 10.1. The number of hydrogen-bond acceptors (Lipinski definition) is 4. The molecule has 2 aliphatic rings. The molecule has 0 aromatic heterocycles. The van der Waals surface area contributed by atoms with Crippen LogP contribution in [0.3, 0.4) is 0 Å². The molecule has 4 heteroatoms. The lowest BCUT2D eigenvalue weighted by molar-refractivity contribution is 0.605. The van der Waals surface area contributed by atoms with E-state index >= 15 is 0 Å². The molecular formula is C40H34N2S2. The molecule has 0 spiro atoms. The molecule has 2 aliphatic heterocycles. The maximum absolute atomic E-state index is 4.92. The number of aliphatic imine (C=N–C) groups is 2. The van der Waals surface area contributed by atoms with Gasteiger partial charge in [-0.1, -0.05) is 97.1 Å². The average Bonchev–Trinajstić information content (AvgIpc) is 3.61. The zero-order valence-electron chi connectivity index (χ0n) is 25.5. The van der Waals surface area contributed by atoms with Crippen molar-refractivity contribution in [3.63, 3.8) is 0 Å². The summed E-state index contributed by atoms with van der Waals surface area (Å²) in [6, 6.07) is 40.6. The molecule has 0 N–H and O–H groups in total. The van der Waals surface area contributed by atoms with Crippen LogP contribution in [0.2, 0.25) is 0 Å².